The molecule has 0 aromatic heterocycles. The molecule has 0 aliphatic rings. The highest BCUT2D eigenvalue weighted by Gasteiger charge is 2.14. The van der Waals surface area contributed by atoms with Crippen molar-refractivity contribution in [3.05, 3.63) is 0 Å². The second-order valence-corrected chi connectivity index (χ2v) is 13.9. The van der Waals surface area contributed by atoms with Crippen LogP contribution in [-0.2, 0) is 71.2 Å². The Bertz CT molecular complexity index is 893. The van der Waals surface area contributed by atoms with E-state index in [-0.39, 0.29) is 69.9 Å². The zero-order chi connectivity index (χ0) is 43.8. The number of amides is 2. The Balaban J connectivity index is 4.28. The molecule has 18 heteroatoms. The van der Waals surface area contributed by atoms with E-state index in [1.807, 2.05) is 0 Å². The van der Waals surface area contributed by atoms with Gasteiger partial charge in [-0.05, 0) is 19.3 Å². The van der Waals surface area contributed by atoms with Gasteiger partial charge in [0.05, 0.1) is 145 Å². The van der Waals surface area contributed by atoms with Gasteiger partial charge in [-0.3, -0.25) is 14.4 Å². The molecule has 3 N–H and O–H groups in total. The summed E-state index contributed by atoms with van der Waals surface area (Å²) < 4.78 is 66.2. The molecule has 0 bridgehead atoms. The second kappa shape index (κ2) is 48.1. The van der Waals surface area contributed by atoms with Crippen LogP contribution in [0.3, 0.4) is 0 Å². The molecule has 0 aliphatic carbocycles. The lowest BCUT2D eigenvalue weighted by Gasteiger charge is -2.19. The van der Waals surface area contributed by atoms with Crippen molar-refractivity contribution in [2.45, 2.75) is 84.7 Å². The smallest absolute Gasteiger partial charge is 0.222 e. The fraction of sp³-hybridized carbons (Fsp3) is 0.929. The molecule has 2 amide bonds. The molecule has 1 unspecified atom stereocenters. The Labute approximate surface area is 360 Å². The number of rotatable bonds is 50. The predicted molar refractivity (Wildman–Crippen MR) is 227 cm³/mol. The number of ether oxygens (including phenoxy) is 12. The minimum absolute atomic E-state index is 0.0709. The van der Waals surface area contributed by atoms with E-state index in [1.165, 1.54) is 0 Å². The third kappa shape index (κ3) is 47.1. The van der Waals surface area contributed by atoms with Crippen LogP contribution in [-0.4, -0.2) is 201 Å². The van der Waals surface area contributed by atoms with E-state index in [0.29, 0.717) is 138 Å². The summed E-state index contributed by atoms with van der Waals surface area (Å²) in [6, 6.07) is -0.0413. The van der Waals surface area contributed by atoms with Crippen LogP contribution in [0.1, 0.15) is 72.6 Å². The number of carbonyl (C=O) groups excluding carboxylic acids is 3. The molecule has 0 rings (SSSR count). The van der Waals surface area contributed by atoms with Crippen molar-refractivity contribution in [1.82, 2.24) is 16.0 Å². The first-order valence-electron chi connectivity index (χ1n) is 22.1. The molecular weight excluding hydrogens is 786 g/mol. The summed E-state index contributed by atoms with van der Waals surface area (Å²) in [5.74, 6) is -0.335. The summed E-state index contributed by atoms with van der Waals surface area (Å²) in [5, 5.41) is 9.00. The van der Waals surface area contributed by atoms with Crippen molar-refractivity contribution >= 4 is 17.6 Å². The highest BCUT2D eigenvalue weighted by atomic mass is 16.6. The van der Waals surface area contributed by atoms with Crippen molar-refractivity contribution in [1.29, 1.82) is 0 Å². The van der Waals surface area contributed by atoms with E-state index < -0.39 is 6.04 Å². The van der Waals surface area contributed by atoms with Crippen molar-refractivity contribution in [3.8, 4) is 0 Å². The highest BCUT2D eigenvalue weighted by molar-refractivity contribution is 5.78. The summed E-state index contributed by atoms with van der Waals surface area (Å²) in [7, 11) is 0. The van der Waals surface area contributed by atoms with E-state index in [0.717, 1.165) is 32.6 Å². The first kappa shape index (κ1) is 58.1. The fourth-order valence-electron chi connectivity index (χ4n) is 4.80. The normalized spacial score (nSPS) is 12.0. The molecule has 0 fully saturated rings. The summed E-state index contributed by atoms with van der Waals surface area (Å²) in [5.41, 5.74) is 0. The van der Waals surface area contributed by atoms with Crippen LogP contribution < -0.4 is 16.0 Å². The van der Waals surface area contributed by atoms with Gasteiger partial charge in [0, 0.05) is 64.6 Å². The third-order valence-electron chi connectivity index (χ3n) is 7.89. The first-order chi connectivity index (χ1) is 29.4. The van der Waals surface area contributed by atoms with Crippen molar-refractivity contribution in [3.63, 3.8) is 0 Å². The lowest BCUT2D eigenvalue weighted by atomic mass is 10.2. The Hall–Kier alpha value is -1.91. The maximum absolute atomic E-state index is 12.7. The van der Waals surface area contributed by atoms with Gasteiger partial charge in [0.15, 0.2) is 0 Å². The zero-order valence-corrected chi connectivity index (χ0v) is 37.6. The SMILES string of the molecule is CCCOCCOCCOCCCC(=O)CCOCC(COCCC(=O)NCCOCCOCCOCCC)NC(=O)CCOCCOCCOCCOCCNC(C)C. The lowest BCUT2D eigenvalue weighted by Crippen LogP contribution is -2.42. The van der Waals surface area contributed by atoms with Crippen molar-refractivity contribution in [2.75, 3.05) is 172 Å². The van der Waals surface area contributed by atoms with Crippen LogP contribution >= 0.6 is 0 Å². The van der Waals surface area contributed by atoms with E-state index in [9.17, 15) is 14.4 Å². The molecule has 0 aliphatic heterocycles. The van der Waals surface area contributed by atoms with Crippen LogP contribution in [0, 0.1) is 0 Å². The van der Waals surface area contributed by atoms with Gasteiger partial charge >= 0.3 is 0 Å². The molecule has 0 saturated carbocycles. The van der Waals surface area contributed by atoms with Gasteiger partial charge in [0.2, 0.25) is 11.8 Å². The third-order valence-corrected chi connectivity index (χ3v) is 7.89. The average molecular weight is 870 g/mol. The van der Waals surface area contributed by atoms with Crippen LogP contribution in [0.4, 0.5) is 0 Å². The summed E-state index contributed by atoms with van der Waals surface area (Å²) >= 11 is 0. The second-order valence-electron chi connectivity index (χ2n) is 13.9. The van der Waals surface area contributed by atoms with E-state index in [1.54, 1.807) is 0 Å². The summed E-state index contributed by atoms with van der Waals surface area (Å²) in [6.07, 6.45) is 3.50. The van der Waals surface area contributed by atoms with Gasteiger partial charge in [0.25, 0.3) is 0 Å². The molecule has 0 aromatic rings. The molecule has 0 aromatic carbocycles. The molecule has 18 nitrogen and oxygen atoms in total. The van der Waals surface area contributed by atoms with Gasteiger partial charge in [-0.1, -0.05) is 27.7 Å². The number of carbonyl (C=O) groups is 3. The van der Waals surface area contributed by atoms with Gasteiger partial charge in [-0.25, -0.2) is 0 Å². The van der Waals surface area contributed by atoms with Gasteiger partial charge in [0.1, 0.15) is 5.78 Å². The molecule has 0 radical (unpaired) electrons. The fourth-order valence-corrected chi connectivity index (χ4v) is 4.80. The van der Waals surface area contributed by atoms with Crippen molar-refractivity contribution in [2.24, 2.45) is 0 Å². The van der Waals surface area contributed by atoms with Crippen LogP contribution in [0.2, 0.25) is 0 Å². The largest absolute Gasteiger partial charge is 0.379 e. The van der Waals surface area contributed by atoms with Crippen LogP contribution in [0.5, 0.6) is 0 Å². The van der Waals surface area contributed by atoms with Crippen LogP contribution in [0.25, 0.3) is 0 Å². The van der Waals surface area contributed by atoms with Crippen molar-refractivity contribution < 1.29 is 71.2 Å². The average Bonchev–Trinajstić information content (AvgIpc) is 3.23. The predicted octanol–water partition coefficient (Wildman–Crippen LogP) is 2.12. The Morgan fingerprint density at radius 3 is 1.27 bits per heavy atom. The van der Waals surface area contributed by atoms with E-state index >= 15 is 0 Å². The van der Waals surface area contributed by atoms with Gasteiger partial charge < -0.3 is 72.8 Å². The number of nitrogens with one attached hydrogen (secondary N) is 3. The first-order valence-corrected chi connectivity index (χ1v) is 22.1. The zero-order valence-electron chi connectivity index (χ0n) is 37.6. The van der Waals surface area contributed by atoms with Gasteiger partial charge in [-0.2, -0.15) is 0 Å². The molecule has 356 valence electrons. The van der Waals surface area contributed by atoms with E-state index in [2.05, 4.69) is 43.6 Å². The number of hydrogen-bond donors (Lipinski definition) is 3. The number of hydrogen-bond acceptors (Lipinski definition) is 16. The minimum atomic E-state index is -0.483. The van der Waals surface area contributed by atoms with E-state index in [4.69, 9.17) is 56.8 Å². The minimum Gasteiger partial charge on any atom is -0.379 e. The highest BCUT2D eigenvalue weighted by Crippen LogP contribution is 2.00. The molecule has 0 spiro atoms. The summed E-state index contributed by atoms with van der Waals surface area (Å²) in [4.78, 5) is 37.3. The maximum atomic E-state index is 12.7. The van der Waals surface area contributed by atoms with Gasteiger partial charge in [-0.15, -0.1) is 0 Å². The molecular formula is C42H83N3O15. The topological polar surface area (TPSA) is 198 Å². The maximum Gasteiger partial charge on any atom is 0.222 e. The quantitative estimate of drug-likeness (QED) is 0.0752. The number of Topliss-reactive ketones (excluding diaryl/α,β-unsaturated/α-hetero) is 1. The Morgan fingerprint density at radius 1 is 0.400 bits per heavy atom. The Kier molecular flexibility index (Phi) is 46.6. The Morgan fingerprint density at radius 2 is 0.783 bits per heavy atom. The number of ketones is 1. The molecule has 0 heterocycles. The summed E-state index contributed by atoms with van der Waals surface area (Å²) in [6.45, 7) is 20.0. The molecule has 60 heavy (non-hydrogen) atoms. The molecule has 1 atom stereocenters. The van der Waals surface area contributed by atoms with Crippen LogP contribution in [0.15, 0.2) is 0 Å². The lowest BCUT2D eigenvalue weighted by molar-refractivity contribution is -0.125. The monoisotopic (exact) mass is 870 g/mol. The standard InChI is InChI=1S/C42H83N3O15/c1-5-14-49-22-28-55-30-24-51-16-7-8-40(46)9-17-59-36-39(37-60-19-10-41(47)44-13-21-54-27-33-56-29-23-50-15-6-2)45-42(48)11-18-52-25-31-57-34-35-58-32-26-53-20-12-43-38(3)4/h38-39,43H,5-37H2,1-4H3,(H,44,47)(H,45,48). The molecule has 0 saturated heterocycles.